The summed E-state index contributed by atoms with van der Waals surface area (Å²) in [5.74, 6) is 0.594. The van der Waals surface area contributed by atoms with Crippen molar-refractivity contribution in [2.24, 2.45) is 0 Å². The van der Waals surface area contributed by atoms with Crippen molar-refractivity contribution in [3.63, 3.8) is 0 Å². The normalized spacial score (nSPS) is 19.6. The van der Waals surface area contributed by atoms with Gasteiger partial charge in [-0.15, -0.1) is 0 Å². The first-order chi connectivity index (χ1) is 8.10. The Morgan fingerprint density at radius 3 is 2.71 bits per heavy atom. The molecule has 0 bridgehead atoms. The van der Waals surface area contributed by atoms with Crippen LogP contribution in [0.25, 0.3) is 6.08 Å². The molecule has 1 aromatic rings. The maximum absolute atomic E-state index is 10.2. The van der Waals surface area contributed by atoms with Gasteiger partial charge in [-0.3, -0.25) is 10.1 Å². The van der Waals surface area contributed by atoms with Gasteiger partial charge in [0.25, 0.3) is 0 Å². The summed E-state index contributed by atoms with van der Waals surface area (Å²) in [7, 11) is -1.42. The van der Waals surface area contributed by atoms with Gasteiger partial charge < -0.3 is 4.42 Å². The lowest BCUT2D eigenvalue weighted by Crippen LogP contribution is -2.45. The second-order valence-corrected chi connectivity index (χ2v) is 9.54. The van der Waals surface area contributed by atoms with Crippen molar-refractivity contribution in [3.8, 4) is 0 Å². The van der Waals surface area contributed by atoms with Gasteiger partial charge in [0.2, 0.25) is 6.20 Å². The summed E-state index contributed by atoms with van der Waals surface area (Å²) in [6, 6.07) is 6.40. The van der Waals surface area contributed by atoms with Gasteiger partial charge in [-0.2, -0.15) is 0 Å². The van der Waals surface area contributed by atoms with Crippen LogP contribution in [0.3, 0.4) is 0 Å². The molecule has 4 nitrogen and oxygen atoms in total. The van der Waals surface area contributed by atoms with Crippen LogP contribution in [0.5, 0.6) is 0 Å². The quantitative estimate of drug-likeness (QED) is 0.471. The Morgan fingerprint density at radius 2 is 2.06 bits per heavy atom. The van der Waals surface area contributed by atoms with Crippen LogP contribution in [-0.2, 0) is 0 Å². The molecule has 1 aliphatic heterocycles. The molecular weight excluding hydrogens is 234 g/mol. The number of nitrogens with zero attached hydrogens (tertiary/aromatic N) is 1. The zero-order valence-electron chi connectivity index (χ0n) is 10.0. The molecule has 0 radical (unpaired) electrons. The number of rotatable bonds is 3. The van der Waals surface area contributed by atoms with Gasteiger partial charge in [0.15, 0.2) is 0 Å². The van der Waals surface area contributed by atoms with Crippen LogP contribution in [0.1, 0.15) is 25.0 Å². The monoisotopic (exact) mass is 251 g/mol. The van der Waals surface area contributed by atoms with E-state index < -0.39 is 13.0 Å². The Kier molecular flexibility index (Phi) is 3.47. The molecule has 0 aliphatic carbocycles. The van der Waals surface area contributed by atoms with Gasteiger partial charge in [0.1, 0.15) is 13.8 Å². The minimum Gasteiger partial charge on any atom is -0.467 e. The van der Waals surface area contributed by atoms with Crippen molar-refractivity contribution in [2.45, 2.75) is 37.9 Å². The third-order valence-corrected chi connectivity index (χ3v) is 7.91. The molecule has 1 aliphatic rings. The van der Waals surface area contributed by atoms with E-state index in [1.807, 2.05) is 12.1 Å². The summed E-state index contributed by atoms with van der Waals surface area (Å²) >= 11 is 0. The average Bonchev–Trinajstić information content (AvgIpc) is 2.76. The largest absolute Gasteiger partial charge is 0.467 e. The summed E-state index contributed by atoms with van der Waals surface area (Å²) in [5.41, 5.74) is 0. The van der Waals surface area contributed by atoms with Gasteiger partial charge >= 0.3 is 0 Å². The average molecular weight is 251 g/mol. The van der Waals surface area contributed by atoms with E-state index in [4.69, 9.17) is 4.42 Å². The van der Waals surface area contributed by atoms with Crippen LogP contribution in [-0.4, -0.2) is 13.0 Å². The maximum Gasteiger partial charge on any atom is 0.238 e. The molecule has 1 saturated heterocycles. The molecule has 0 N–H and O–H groups in total. The maximum atomic E-state index is 10.2. The van der Waals surface area contributed by atoms with Gasteiger partial charge in [-0.1, -0.05) is 37.9 Å². The molecule has 0 atom stereocenters. The van der Waals surface area contributed by atoms with Crippen LogP contribution in [0.15, 0.2) is 22.7 Å². The highest BCUT2D eigenvalue weighted by molar-refractivity contribution is 6.90. The first-order valence-corrected chi connectivity index (χ1v) is 8.94. The summed E-state index contributed by atoms with van der Waals surface area (Å²) in [6.07, 6.45) is 6.27. The fraction of sp³-hybridized carbons (Fsp3) is 0.500. The molecule has 17 heavy (non-hydrogen) atoms. The van der Waals surface area contributed by atoms with E-state index >= 15 is 0 Å². The standard InChI is InChI=1S/C12H17NO3Si/c1-17(9-3-2-4-10-17)12-6-5-11(16-12)7-8-13(14)15/h5-8H,2-4,9-10H2,1H3/b8-7+. The summed E-state index contributed by atoms with van der Waals surface area (Å²) in [4.78, 5) is 9.76. The molecule has 0 saturated carbocycles. The Balaban J connectivity index is 2.14. The van der Waals surface area contributed by atoms with Crippen LogP contribution in [0.2, 0.25) is 18.6 Å². The van der Waals surface area contributed by atoms with Crippen LogP contribution >= 0.6 is 0 Å². The minimum atomic E-state index is -1.42. The second kappa shape index (κ2) is 4.87. The fourth-order valence-electron chi connectivity index (χ4n) is 2.48. The summed E-state index contributed by atoms with van der Waals surface area (Å²) < 4.78 is 5.75. The van der Waals surface area contributed by atoms with E-state index in [0.717, 1.165) is 11.6 Å². The number of furan rings is 1. The molecule has 0 aromatic carbocycles. The van der Waals surface area contributed by atoms with Crippen molar-refractivity contribution in [1.29, 1.82) is 0 Å². The van der Waals surface area contributed by atoms with Crippen LogP contribution in [0, 0.1) is 10.1 Å². The topological polar surface area (TPSA) is 56.3 Å². The van der Waals surface area contributed by atoms with E-state index in [1.165, 1.54) is 37.4 Å². The molecule has 0 spiro atoms. The van der Waals surface area contributed by atoms with E-state index in [2.05, 4.69) is 6.55 Å². The minimum absolute atomic E-state index is 0.470. The van der Waals surface area contributed by atoms with Crippen molar-refractivity contribution >= 4 is 19.5 Å². The number of hydrogen-bond acceptors (Lipinski definition) is 3. The number of nitro groups is 1. The third-order valence-electron chi connectivity index (χ3n) is 3.54. The van der Waals surface area contributed by atoms with Gasteiger partial charge in [-0.25, -0.2) is 0 Å². The first kappa shape index (κ1) is 12.1. The van der Waals surface area contributed by atoms with Crippen molar-refractivity contribution in [1.82, 2.24) is 0 Å². The fourth-order valence-corrected chi connectivity index (χ4v) is 6.13. The molecule has 0 amide bonds. The van der Waals surface area contributed by atoms with Crippen LogP contribution in [0.4, 0.5) is 0 Å². The van der Waals surface area contributed by atoms with Crippen molar-refractivity contribution in [3.05, 3.63) is 34.2 Å². The molecule has 2 heterocycles. The Hall–Kier alpha value is -1.36. The zero-order valence-corrected chi connectivity index (χ0v) is 11.0. The molecule has 1 aromatic heterocycles. The Bertz CT molecular complexity index is 433. The highest BCUT2D eigenvalue weighted by Crippen LogP contribution is 2.28. The van der Waals surface area contributed by atoms with E-state index in [1.54, 1.807) is 0 Å². The lowest BCUT2D eigenvalue weighted by atomic mass is 10.3. The SMILES string of the molecule is C[Si]1(c2ccc(/C=C/[N+](=O)[O-])o2)CCCCC1. The first-order valence-electron chi connectivity index (χ1n) is 6.02. The van der Waals surface area contributed by atoms with Crippen molar-refractivity contribution in [2.75, 3.05) is 0 Å². The smallest absolute Gasteiger partial charge is 0.238 e. The molecule has 2 rings (SSSR count). The predicted molar refractivity (Wildman–Crippen MR) is 69.5 cm³/mol. The molecule has 5 heteroatoms. The van der Waals surface area contributed by atoms with E-state index in [-0.39, 0.29) is 0 Å². The highest BCUT2D eigenvalue weighted by Gasteiger charge is 2.34. The van der Waals surface area contributed by atoms with Crippen molar-refractivity contribution < 1.29 is 9.34 Å². The van der Waals surface area contributed by atoms with Gasteiger partial charge in [-0.05, 0) is 12.1 Å². The predicted octanol–water partition coefficient (Wildman–Crippen LogP) is 3.00. The zero-order chi connectivity index (χ0) is 12.3. The van der Waals surface area contributed by atoms with Gasteiger partial charge in [0, 0.05) is 0 Å². The molecule has 92 valence electrons. The third kappa shape index (κ3) is 2.85. The summed E-state index contributed by atoms with van der Waals surface area (Å²) in [5, 5.41) is 11.3. The van der Waals surface area contributed by atoms with E-state index in [9.17, 15) is 10.1 Å². The summed E-state index contributed by atoms with van der Waals surface area (Å²) in [6.45, 7) is 2.35. The molecule has 1 fully saturated rings. The Morgan fingerprint density at radius 1 is 1.35 bits per heavy atom. The van der Waals surface area contributed by atoms with E-state index in [0.29, 0.717) is 5.76 Å². The highest BCUT2D eigenvalue weighted by atomic mass is 28.3. The lowest BCUT2D eigenvalue weighted by molar-refractivity contribution is -0.401. The van der Waals surface area contributed by atoms with Crippen LogP contribution < -0.4 is 5.38 Å². The van der Waals surface area contributed by atoms with Gasteiger partial charge in [0.05, 0.1) is 16.4 Å². The lowest BCUT2D eigenvalue weighted by Gasteiger charge is -2.28. The molecule has 0 unspecified atom stereocenters. The number of hydrogen-bond donors (Lipinski definition) is 0. The molecular formula is C12H17NO3Si. The second-order valence-electron chi connectivity index (χ2n) is 4.92. The Labute approximate surface area is 101 Å².